The van der Waals surface area contributed by atoms with Crippen LogP contribution in [0.2, 0.25) is 0 Å². The van der Waals surface area contributed by atoms with Crippen molar-refractivity contribution >= 4 is 12.6 Å². The number of rotatable bonds is 5. The minimum atomic E-state index is -0.731. The molecule has 24 heavy (non-hydrogen) atoms. The van der Waals surface area contributed by atoms with Gasteiger partial charge >= 0.3 is 7.12 Å². The number of halogens is 1. The van der Waals surface area contributed by atoms with E-state index >= 15 is 0 Å². The molecule has 3 nitrogen and oxygen atoms in total. The normalized spacial score (nSPS) is 19.8. The molecule has 2 rings (SSSR count). The van der Waals surface area contributed by atoms with Crippen molar-refractivity contribution in [2.75, 3.05) is 0 Å². The van der Waals surface area contributed by atoms with Gasteiger partial charge < -0.3 is 14.0 Å². The van der Waals surface area contributed by atoms with Crippen LogP contribution in [0.4, 0.5) is 4.39 Å². The summed E-state index contributed by atoms with van der Waals surface area (Å²) in [6.07, 6.45) is 6.95. The van der Waals surface area contributed by atoms with E-state index in [9.17, 15) is 4.39 Å². The summed E-state index contributed by atoms with van der Waals surface area (Å²) in [7, 11) is -0.731. The lowest BCUT2D eigenvalue weighted by Crippen LogP contribution is -2.41. The van der Waals surface area contributed by atoms with E-state index in [1.54, 1.807) is 36.4 Å². The molecule has 0 atom stereocenters. The molecule has 1 aliphatic rings. The van der Waals surface area contributed by atoms with E-state index in [-0.39, 0.29) is 0 Å². The first-order chi connectivity index (χ1) is 11.2. The Morgan fingerprint density at radius 1 is 1.21 bits per heavy atom. The molecule has 0 aromatic heterocycles. The van der Waals surface area contributed by atoms with Crippen LogP contribution in [-0.2, 0) is 9.31 Å². The van der Waals surface area contributed by atoms with E-state index in [0.717, 1.165) is 0 Å². The number of hydrogen-bond acceptors (Lipinski definition) is 3. The molecule has 0 unspecified atom stereocenters. The summed E-state index contributed by atoms with van der Waals surface area (Å²) in [6, 6.07) is 4.68. The van der Waals surface area contributed by atoms with Crippen LogP contribution < -0.4 is 10.2 Å². The highest BCUT2D eigenvalue weighted by Crippen LogP contribution is 2.36. The van der Waals surface area contributed by atoms with E-state index in [0.29, 0.717) is 17.0 Å². The third kappa shape index (κ3) is 3.79. The average Bonchev–Trinajstić information content (AvgIpc) is 2.71. The zero-order chi connectivity index (χ0) is 18.0. The number of hydrogen-bond donors (Lipinski definition) is 0. The fourth-order valence-corrected chi connectivity index (χ4v) is 2.22. The molecule has 0 spiro atoms. The summed E-state index contributed by atoms with van der Waals surface area (Å²) < 4.78 is 31.9. The Morgan fingerprint density at radius 3 is 2.33 bits per heavy atom. The van der Waals surface area contributed by atoms with Crippen LogP contribution in [0.3, 0.4) is 0 Å². The minimum Gasteiger partial charge on any atom is -0.458 e. The van der Waals surface area contributed by atoms with Gasteiger partial charge in [0.1, 0.15) is 17.3 Å². The summed E-state index contributed by atoms with van der Waals surface area (Å²) in [5, 5.41) is 0. The van der Waals surface area contributed by atoms with E-state index in [4.69, 9.17) is 14.0 Å². The first-order valence-corrected chi connectivity index (χ1v) is 7.98. The maximum absolute atomic E-state index is 14.5. The van der Waals surface area contributed by atoms with Gasteiger partial charge in [-0.3, -0.25) is 0 Å². The van der Waals surface area contributed by atoms with Crippen molar-refractivity contribution in [2.24, 2.45) is 0 Å². The van der Waals surface area contributed by atoms with Crippen LogP contribution in [0.15, 0.2) is 54.8 Å². The highest BCUT2D eigenvalue weighted by molar-refractivity contribution is 6.62. The molecule has 128 valence electrons. The lowest BCUT2D eigenvalue weighted by Gasteiger charge is -2.32. The second-order valence-electron chi connectivity index (χ2n) is 6.66. The lowest BCUT2D eigenvalue weighted by molar-refractivity contribution is 0.00578. The van der Waals surface area contributed by atoms with E-state index in [2.05, 4.69) is 6.58 Å². The second-order valence-corrected chi connectivity index (χ2v) is 6.66. The molecule has 5 heteroatoms. The van der Waals surface area contributed by atoms with Gasteiger partial charge in [-0.05, 0) is 52.8 Å². The quantitative estimate of drug-likeness (QED) is 0.461. The Bertz CT molecular complexity index is 661. The van der Waals surface area contributed by atoms with Crippen molar-refractivity contribution < 1.29 is 18.4 Å². The molecular formula is C19H24BFO3. The number of ether oxygens (including phenoxy) is 1. The summed E-state index contributed by atoms with van der Waals surface area (Å²) >= 11 is 0. The van der Waals surface area contributed by atoms with Gasteiger partial charge in [-0.2, -0.15) is 0 Å². The van der Waals surface area contributed by atoms with Crippen molar-refractivity contribution in [3.05, 3.63) is 60.7 Å². The molecule has 1 aliphatic heterocycles. The van der Waals surface area contributed by atoms with Crippen LogP contribution in [0.25, 0.3) is 0 Å². The van der Waals surface area contributed by atoms with Gasteiger partial charge in [0.25, 0.3) is 0 Å². The van der Waals surface area contributed by atoms with E-state index < -0.39 is 24.1 Å². The fourth-order valence-electron chi connectivity index (χ4n) is 2.22. The standard InChI is InChI=1S/C19H24BFO3/c1-7-9-10-14(8-2)22-15-11-12-16(17(21)13-15)20-23-18(3,4)19(5,6)24-20/h7-13H,1H2,2-6H3/b10-9-,14-8+. The molecule has 0 saturated carbocycles. The van der Waals surface area contributed by atoms with Crippen LogP contribution in [0, 0.1) is 5.82 Å². The van der Waals surface area contributed by atoms with Crippen LogP contribution in [0.1, 0.15) is 34.6 Å². The highest BCUT2D eigenvalue weighted by atomic mass is 19.1. The van der Waals surface area contributed by atoms with Crippen molar-refractivity contribution in [3.63, 3.8) is 0 Å². The van der Waals surface area contributed by atoms with Gasteiger partial charge in [-0.1, -0.05) is 24.8 Å². The van der Waals surface area contributed by atoms with E-state index in [1.165, 1.54) is 6.07 Å². The zero-order valence-corrected chi connectivity index (χ0v) is 14.9. The Kier molecular flexibility index (Phi) is 5.36. The largest absolute Gasteiger partial charge is 0.497 e. The first kappa shape index (κ1) is 18.5. The molecule has 0 amide bonds. The lowest BCUT2D eigenvalue weighted by atomic mass is 9.78. The SMILES string of the molecule is C=C/C=C\C(=C/C)Oc1ccc(B2OC(C)(C)C(C)(C)O2)c(F)c1. The summed E-state index contributed by atoms with van der Waals surface area (Å²) in [5.74, 6) is 0.599. The molecule has 0 N–H and O–H groups in total. The van der Waals surface area contributed by atoms with Gasteiger partial charge in [0.05, 0.1) is 11.2 Å². The van der Waals surface area contributed by atoms with Gasteiger partial charge in [-0.15, -0.1) is 0 Å². The third-order valence-electron chi connectivity index (χ3n) is 4.40. The predicted molar refractivity (Wildman–Crippen MR) is 95.8 cm³/mol. The molecule has 1 aromatic carbocycles. The zero-order valence-electron chi connectivity index (χ0n) is 14.9. The van der Waals surface area contributed by atoms with Gasteiger partial charge in [0.15, 0.2) is 0 Å². The summed E-state index contributed by atoms with van der Waals surface area (Å²) in [4.78, 5) is 0. The smallest absolute Gasteiger partial charge is 0.458 e. The Balaban J connectivity index is 2.19. The predicted octanol–water partition coefficient (Wildman–Crippen LogP) is 4.15. The van der Waals surface area contributed by atoms with Crippen molar-refractivity contribution in [1.29, 1.82) is 0 Å². The minimum absolute atomic E-state index is 0.365. The van der Waals surface area contributed by atoms with Crippen LogP contribution in [0.5, 0.6) is 5.75 Å². The van der Waals surface area contributed by atoms with E-state index in [1.807, 2.05) is 34.6 Å². The van der Waals surface area contributed by atoms with Gasteiger partial charge in [0.2, 0.25) is 0 Å². The Hall–Kier alpha value is -1.85. The van der Waals surface area contributed by atoms with Crippen molar-refractivity contribution in [1.82, 2.24) is 0 Å². The molecule has 1 heterocycles. The first-order valence-electron chi connectivity index (χ1n) is 7.98. The fraction of sp³-hybridized carbons (Fsp3) is 0.368. The Morgan fingerprint density at radius 2 is 1.83 bits per heavy atom. The van der Waals surface area contributed by atoms with Crippen LogP contribution >= 0.6 is 0 Å². The van der Waals surface area contributed by atoms with Crippen molar-refractivity contribution in [3.8, 4) is 5.75 Å². The molecule has 1 saturated heterocycles. The molecular weight excluding hydrogens is 306 g/mol. The average molecular weight is 330 g/mol. The maximum atomic E-state index is 14.5. The topological polar surface area (TPSA) is 27.7 Å². The Labute approximate surface area is 143 Å². The summed E-state index contributed by atoms with van der Waals surface area (Å²) in [6.45, 7) is 13.2. The summed E-state index contributed by atoms with van der Waals surface area (Å²) in [5.41, 5.74) is -0.649. The second kappa shape index (κ2) is 6.95. The van der Waals surface area contributed by atoms with Crippen LogP contribution in [-0.4, -0.2) is 18.3 Å². The third-order valence-corrected chi connectivity index (χ3v) is 4.40. The molecule has 0 radical (unpaired) electrons. The molecule has 0 aliphatic carbocycles. The molecule has 1 fully saturated rings. The molecule has 1 aromatic rings. The monoisotopic (exact) mass is 330 g/mol. The number of allylic oxidation sites excluding steroid dienone is 4. The highest BCUT2D eigenvalue weighted by Gasteiger charge is 2.52. The van der Waals surface area contributed by atoms with Gasteiger partial charge in [-0.25, -0.2) is 4.39 Å². The maximum Gasteiger partial charge on any atom is 0.497 e. The number of benzene rings is 1. The molecule has 0 bridgehead atoms. The van der Waals surface area contributed by atoms with Crippen molar-refractivity contribution in [2.45, 2.75) is 45.8 Å². The van der Waals surface area contributed by atoms with Gasteiger partial charge in [0, 0.05) is 11.5 Å².